The number of methoxy groups -OCH3 is 1. The Morgan fingerprint density at radius 3 is 2.71 bits per heavy atom. The summed E-state index contributed by atoms with van der Waals surface area (Å²) >= 11 is 0. The second-order valence-electron chi connectivity index (χ2n) is 3.08. The van der Waals surface area contributed by atoms with E-state index in [9.17, 15) is 9.59 Å². The minimum atomic E-state index is -1.17. The summed E-state index contributed by atoms with van der Waals surface area (Å²) in [7, 11) is 1.39. The van der Waals surface area contributed by atoms with Crippen LogP contribution in [-0.4, -0.2) is 31.1 Å². The molecule has 1 aromatic carbocycles. The molecule has 0 aliphatic heterocycles. The Labute approximate surface area is 98.3 Å². The Kier molecular flexibility index (Phi) is 4.28. The number of hydrogen-bond acceptors (Lipinski definition) is 4. The second kappa shape index (κ2) is 5.69. The van der Waals surface area contributed by atoms with Crippen LogP contribution in [0.5, 0.6) is 11.5 Å². The first-order valence-electron chi connectivity index (χ1n) is 4.78. The molecule has 0 atom stereocenters. The molecule has 0 aliphatic carbocycles. The molecule has 0 unspecified atom stereocenters. The topological polar surface area (TPSA) is 72.8 Å². The molecule has 0 saturated carbocycles. The molecule has 0 bridgehead atoms. The molecule has 0 heterocycles. The average molecular weight is 236 g/mol. The van der Waals surface area contributed by atoms with Crippen molar-refractivity contribution in [2.45, 2.75) is 0 Å². The molecule has 5 nitrogen and oxygen atoms in total. The van der Waals surface area contributed by atoms with Crippen molar-refractivity contribution in [1.82, 2.24) is 0 Å². The molecular formula is C12H12O5. The van der Waals surface area contributed by atoms with Crippen LogP contribution >= 0.6 is 0 Å². The van der Waals surface area contributed by atoms with Crippen LogP contribution in [0.15, 0.2) is 24.8 Å². The highest BCUT2D eigenvalue weighted by molar-refractivity contribution is 5.96. The SMILES string of the molecule is C=CCOc1c(C(=O)O)ccc(OC)c1C=O. The second-order valence-corrected chi connectivity index (χ2v) is 3.08. The van der Waals surface area contributed by atoms with Gasteiger partial charge in [-0.15, -0.1) is 0 Å². The minimum Gasteiger partial charge on any atom is -0.496 e. The van der Waals surface area contributed by atoms with Gasteiger partial charge in [0.05, 0.1) is 12.7 Å². The summed E-state index contributed by atoms with van der Waals surface area (Å²) in [4.78, 5) is 22.0. The van der Waals surface area contributed by atoms with Crippen LogP contribution in [0.25, 0.3) is 0 Å². The molecule has 1 N–H and O–H groups in total. The van der Waals surface area contributed by atoms with Gasteiger partial charge in [-0.3, -0.25) is 4.79 Å². The van der Waals surface area contributed by atoms with Crippen LogP contribution in [0.2, 0.25) is 0 Å². The van der Waals surface area contributed by atoms with E-state index >= 15 is 0 Å². The number of rotatable bonds is 6. The molecule has 0 radical (unpaired) electrons. The number of aromatic carboxylic acids is 1. The Balaban J connectivity index is 3.37. The van der Waals surface area contributed by atoms with Gasteiger partial charge in [0.15, 0.2) is 6.29 Å². The summed E-state index contributed by atoms with van der Waals surface area (Å²) in [5.41, 5.74) is -0.0102. The zero-order valence-electron chi connectivity index (χ0n) is 9.30. The lowest BCUT2D eigenvalue weighted by Crippen LogP contribution is -2.07. The van der Waals surface area contributed by atoms with Crippen LogP contribution in [0.1, 0.15) is 20.7 Å². The minimum absolute atomic E-state index is 0.00764. The highest BCUT2D eigenvalue weighted by atomic mass is 16.5. The lowest BCUT2D eigenvalue weighted by molar-refractivity contribution is 0.0692. The zero-order chi connectivity index (χ0) is 12.8. The molecule has 0 aliphatic rings. The van der Waals surface area contributed by atoms with Crippen molar-refractivity contribution in [3.63, 3.8) is 0 Å². The zero-order valence-corrected chi connectivity index (χ0v) is 9.30. The Morgan fingerprint density at radius 2 is 2.24 bits per heavy atom. The third-order valence-electron chi connectivity index (χ3n) is 2.07. The largest absolute Gasteiger partial charge is 0.496 e. The maximum atomic E-state index is 11.0. The third-order valence-corrected chi connectivity index (χ3v) is 2.07. The predicted octanol–water partition coefficient (Wildman–Crippen LogP) is 1.77. The number of carboxylic acid groups (broad SMARTS) is 1. The summed E-state index contributed by atoms with van der Waals surface area (Å²) in [5.74, 6) is -0.911. The normalized spacial score (nSPS) is 9.47. The van der Waals surface area contributed by atoms with E-state index in [0.29, 0.717) is 6.29 Å². The van der Waals surface area contributed by atoms with Gasteiger partial charge in [0.2, 0.25) is 0 Å². The van der Waals surface area contributed by atoms with Gasteiger partial charge in [0, 0.05) is 0 Å². The van der Waals surface area contributed by atoms with E-state index in [1.165, 1.54) is 25.3 Å². The van der Waals surface area contributed by atoms with Gasteiger partial charge < -0.3 is 14.6 Å². The number of carbonyl (C=O) groups excluding carboxylic acids is 1. The van der Waals surface area contributed by atoms with E-state index in [1.807, 2.05) is 0 Å². The van der Waals surface area contributed by atoms with Gasteiger partial charge in [-0.2, -0.15) is 0 Å². The molecule has 0 fully saturated rings. The van der Waals surface area contributed by atoms with Crippen molar-refractivity contribution < 1.29 is 24.2 Å². The van der Waals surface area contributed by atoms with Crippen molar-refractivity contribution in [2.24, 2.45) is 0 Å². The van der Waals surface area contributed by atoms with Crippen LogP contribution in [0.4, 0.5) is 0 Å². The predicted molar refractivity (Wildman–Crippen MR) is 61.0 cm³/mol. The number of carbonyl (C=O) groups is 2. The van der Waals surface area contributed by atoms with Crippen molar-refractivity contribution in [2.75, 3.05) is 13.7 Å². The highest BCUT2D eigenvalue weighted by Crippen LogP contribution is 2.31. The van der Waals surface area contributed by atoms with Gasteiger partial charge in [0.25, 0.3) is 0 Å². The first-order chi connectivity index (χ1) is 8.15. The van der Waals surface area contributed by atoms with Gasteiger partial charge in [0.1, 0.15) is 23.7 Å². The Hall–Kier alpha value is -2.30. The molecule has 5 heteroatoms. The number of benzene rings is 1. The molecule has 0 amide bonds. The maximum absolute atomic E-state index is 11.0. The summed E-state index contributed by atoms with van der Waals surface area (Å²) in [5, 5.41) is 8.99. The van der Waals surface area contributed by atoms with Crippen LogP contribution in [0, 0.1) is 0 Å². The van der Waals surface area contributed by atoms with E-state index in [2.05, 4.69) is 6.58 Å². The molecule has 17 heavy (non-hydrogen) atoms. The van der Waals surface area contributed by atoms with Crippen molar-refractivity contribution in [1.29, 1.82) is 0 Å². The lowest BCUT2D eigenvalue weighted by Gasteiger charge is -2.12. The summed E-state index contributed by atoms with van der Waals surface area (Å²) < 4.78 is 10.2. The molecule has 0 spiro atoms. The van der Waals surface area contributed by atoms with E-state index in [0.717, 1.165) is 0 Å². The molecule has 0 saturated heterocycles. The number of hydrogen-bond donors (Lipinski definition) is 1. The van der Waals surface area contributed by atoms with E-state index in [4.69, 9.17) is 14.6 Å². The summed E-state index contributed by atoms with van der Waals surface area (Å²) in [6.45, 7) is 3.56. The fourth-order valence-electron chi connectivity index (χ4n) is 1.34. The van der Waals surface area contributed by atoms with Crippen LogP contribution in [0.3, 0.4) is 0 Å². The lowest BCUT2D eigenvalue weighted by atomic mass is 10.1. The molecule has 1 rings (SSSR count). The molecule has 0 aromatic heterocycles. The van der Waals surface area contributed by atoms with E-state index < -0.39 is 5.97 Å². The summed E-state index contributed by atoms with van der Waals surface area (Å²) in [6, 6.07) is 2.74. The Bertz CT molecular complexity index is 450. The van der Waals surface area contributed by atoms with Gasteiger partial charge in [-0.05, 0) is 12.1 Å². The number of ether oxygens (including phenoxy) is 2. The number of aldehydes is 1. The smallest absolute Gasteiger partial charge is 0.339 e. The standard InChI is InChI=1S/C12H12O5/c1-3-6-17-11-8(12(14)15)4-5-10(16-2)9(11)7-13/h3-5,7H,1,6H2,2H3,(H,14,15). The average Bonchev–Trinajstić information content (AvgIpc) is 2.34. The Morgan fingerprint density at radius 1 is 1.53 bits per heavy atom. The van der Waals surface area contributed by atoms with Gasteiger partial charge in [-0.25, -0.2) is 4.79 Å². The van der Waals surface area contributed by atoms with Crippen molar-refractivity contribution >= 4 is 12.3 Å². The fraction of sp³-hybridized carbons (Fsp3) is 0.167. The maximum Gasteiger partial charge on any atom is 0.339 e. The van der Waals surface area contributed by atoms with E-state index in [-0.39, 0.29) is 29.2 Å². The van der Waals surface area contributed by atoms with E-state index in [1.54, 1.807) is 0 Å². The third kappa shape index (κ3) is 2.63. The highest BCUT2D eigenvalue weighted by Gasteiger charge is 2.19. The van der Waals surface area contributed by atoms with Crippen LogP contribution < -0.4 is 9.47 Å². The van der Waals surface area contributed by atoms with Gasteiger partial charge in [-0.1, -0.05) is 12.7 Å². The monoisotopic (exact) mass is 236 g/mol. The van der Waals surface area contributed by atoms with Crippen molar-refractivity contribution in [3.8, 4) is 11.5 Å². The molecular weight excluding hydrogens is 224 g/mol. The van der Waals surface area contributed by atoms with Crippen LogP contribution in [-0.2, 0) is 0 Å². The number of carboxylic acids is 1. The quantitative estimate of drug-likeness (QED) is 0.602. The fourth-order valence-corrected chi connectivity index (χ4v) is 1.34. The summed E-state index contributed by atoms with van der Waals surface area (Å²) in [6.07, 6.45) is 1.96. The van der Waals surface area contributed by atoms with Gasteiger partial charge >= 0.3 is 5.97 Å². The first-order valence-corrected chi connectivity index (χ1v) is 4.78. The molecule has 1 aromatic rings. The van der Waals surface area contributed by atoms with Crippen molar-refractivity contribution in [3.05, 3.63) is 35.9 Å². The first kappa shape index (κ1) is 12.8. The molecule has 90 valence electrons.